The maximum atomic E-state index is 12.0. The second kappa shape index (κ2) is 7.38. The summed E-state index contributed by atoms with van der Waals surface area (Å²) in [5.41, 5.74) is 2.68. The van der Waals surface area contributed by atoms with E-state index in [1.54, 1.807) is 12.1 Å². The van der Waals surface area contributed by atoms with Crippen molar-refractivity contribution < 1.29 is 4.79 Å². The van der Waals surface area contributed by atoms with E-state index in [0.717, 1.165) is 18.5 Å². The van der Waals surface area contributed by atoms with Crippen LogP contribution in [0.5, 0.6) is 0 Å². The average Bonchev–Trinajstić information content (AvgIpc) is 2.54. The summed E-state index contributed by atoms with van der Waals surface area (Å²) in [6, 6.07) is 11.6. The van der Waals surface area contributed by atoms with Gasteiger partial charge in [0.2, 0.25) is 0 Å². The molecule has 5 heteroatoms. The summed E-state index contributed by atoms with van der Waals surface area (Å²) in [5, 5.41) is 13.7. The van der Waals surface area contributed by atoms with E-state index < -0.39 is 0 Å². The molecule has 0 bridgehead atoms. The van der Waals surface area contributed by atoms with Crippen LogP contribution in [0.15, 0.2) is 36.4 Å². The first-order valence-electron chi connectivity index (χ1n) is 7.16. The van der Waals surface area contributed by atoms with E-state index in [4.69, 9.17) is 0 Å². The molecule has 0 unspecified atom stereocenters. The van der Waals surface area contributed by atoms with Crippen LogP contribution in [0.25, 0.3) is 0 Å². The minimum atomic E-state index is -0.217. The van der Waals surface area contributed by atoms with E-state index in [1.165, 1.54) is 5.56 Å². The summed E-state index contributed by atoms with van der Waals surface area (Å²) in [7, 11) is 0. The normalized spacial score (nSPS) is 10.2. The Hall–Kier alpha value is -2.43. The highest BCUT2D eigenvalue weighted by molar-refractivity contribution is 5.92. The van der Waals surface area contributed by atoms with E-state index in [2.05, 4.69) is 39.9 Å². The van der Waals surface area contributed by atoms with Crippen LogP contribution in [-0.4, -0.2) is 22.6 Å². The molecule has 0 radical (unpaired) electrons. The van der Waals surface area contributed by atoms with Gasteiger partial charge >= 0.3 is 0 Å². The van der Waals surface area contributed by atoms with Gasteiger partial charge in [-0.3, -0.25) is 4.79 Å². The Morgan fingerprint density at radius 1 is 1.00 bits per heavy atom. The number of hydrogen-bond acceptors (Lipinski definition) is 4. The smallest absolute Gasteiger partial charge is 0.272 e. The van der Waals surface area contributed by atoms with Gasteiger partial charge in [0.15, 0.2) is 5.69 Å². The highest BCUT2D eigenvalue weighted by Gasteiger charge is 2.07. The average molecular weight is 284 g/mol. The zero-order valence-electron chi connectivity index (χ0n) is 12.4. The highest BCUT2D eigenvalue weighted by Crippen LogP contribution is 2.06. The van der Waals surface area contributed by atoms with Gasteiger partial charge in [-0.15, -0.1) is 10.2 Å². The van der Waals surface area contributed by atoms with Gasteiger partial charge in [0.05, 0.1) is 0 Å². The Balaban J connectivity index is 1.91. The molecule has 0 fully saturated rings. The highest BCUT2D eigenvalue weighted by atomic mass is 16.1. The molecule has 0 spiro atoms. The van der Waals surface area contributed by atoms with Crippen LogP contribution in [-0.2, 0) is 13.0 Å². The van der Waals surface area contributed by atoms with Crippen LogP contribution >= 0.6 is 0 Å². The van der Waals surface area contributed by atoms with Crippen molar-refractivity contribution in [2.45, 2.75) is 26.8 Å². The molecule has 5 nitrogen and oxygen atoms in total. The van der Waals surface area contributed by atoms with Gasteiger partial charge in [-0.1, -0.05) is 31.2 Å². The SMILES string of the molecule is CCNc1ccc(C(=O)NCc2ccc(CC)cc2)nn1. The van der Waals surface area contributed by atoms with E-state index in [1.807, 2.05) is 19.1 Å². The maximum Gasteiger partial charge on any atom is 0.272 e. The third-order valence-corrected chi connectivity index (χ3v) is 3.14. The summed E-state index contributed by atoms with van der Waals surface area (Å²) in [5.74, 6) is 0.453. The predicted octanol–water partition coefficient (Wildman–Crippen LogP) is 2.40. The van der Waals surface area contributed by atoms with Crippen molar-refractivity contribution in [1.82, 2.24) is 15.5 Å². The number of benzene rings is 1. The lowest BCUT2D eigenvalue weighted by Gasteiger charge is -2.06. The predicted molar refractivity (Wildman–Crippen MR) is 83.2 cm³/mol. The number of carbonyl (C=O) groups is 1. The Kier molecular flexibility index (Phi) is 5.26. The number of aromatic nitrogens is 2. The molecule has 0 aliphatic heterocycles. The van der Waals surface area contributed by atoms with Gasteiger partial charge < -0.3 is 10.6 Å². The monoisotopic (exact) mass is 284 g/mol. The quantitative estimate of drug-likeness (QED) is 0.855. The third-order valence-electron chi connectivity index (χ3n) is 3.14. The van der Waals surface area contributed by atoms with Crippen molar-refractivity contribution in [3.05, 3.63) is 53.2 Å². The molecule has 1 aromatic heterocycles. The van der Waals surface area contributed by atoms with Gasteiger partial charge in [0, 0.05) is 13.1 Å². The first-order valence-corrected chi connectivity index (χ1v) is 7.16. The summed E-state index contributed by atoms with van der Waals surface area (Å²) >= 11 is 0. The van der Waals surface area contributed by atoms with Gasteiger partial charge in [0.1, 0.15) is 5.82 Å². The molecule has 0 aliphatic carbocycles. The minimum absolute atomic E-state index is 0.217. The first-order chi connectivity index (χ1) is 10.2. The van der Waals surface area contributed by atoms with Gasteiger partial charge in [0.25, 0.3) is 5.91 Å². The number of hydrogen-bond donors (Lipinski definition) is 2. The molecule has 0 aliphatic rings. The molecule has 1 aromatic carbocycles. The largest absolute Gasteiger partial charge is 0.369 e. The number of anilines is 1. The molecule has 1 amide bonds. The molecule has 2 N–H and O–H groups in total. The van der Waals surface area contributed by atoms with Crippen molar-refractivity contribution in [2.75, 3.05) is 11.9 Å². The van der Waals surface area contributed by atoms with Crippen LogP contribution in [0.3, 0.4) is 0 Å². The van der Waals surface area contributed by atoms with Crippen LogP contribution in [0.1, 0.15) is 35.5 Å². The number of aryl methyl sites for hydroxylation is 1. The van der Waals surface area contributed by atoms with Gasteiger partial charge in [-0.2, -0.15) is 0 Å². The Morgan fingerprint density at radius 3 is 2.29 bits per heavy atom. The van der Waals surface area contributed by atoms with E-state index in [9.17, 15) is 4.79 Å². The lowest BCUT2D eigenvalue weighted by molar-refractivity contribution is 0.0945. The number of nitrogens with zero attached hydrogens (tertiary/aromatic N) is 2. The summed E-state index contributed by atoms with van der Waals surface area (Å²) in [6.45, 7) is 5.35. The Bertz CT molecular complexity index is 578. The lowest BCUT2D eigenvalue weighted by atomic mass is 10.1. The van der Waals surface area contributed by atoms with Gasteiger partial charge in [-0.25, -0.2) is 0 Å². The summed E-state index contributed by atoms with van der Waals surface area (Å²) < 4.78 is 0. The molecular formula is C16H20N4O. The van der Waals surface area contributed by atoms with Crippen LogP contribution in [0, 0.1) is 0 Å². The van der Waals surface area contributed by atoms with Crippen molar-refractivity contribution in [2.24, 2.45) is 0 Å². The second-order valence-electron chi connectivity index (χ2n) is 4.69. The third kappa shape index (κ3) is 4.27. The summed E-state index contributed by atoms with van der Waals surface area (Å²) in [4.78, 5) is 12.0. The van der Waals surface area contributed by atoms with Gasteiger partial charge in [-0.05, 0) is 36.6 Å². The van der Waals surface area contributed by atoms with E-state index in [0.29, 0.717) is 18.1 Å². The topological polar surface area (TPSA) is 66.9 Å². The van der Waals surface area contributed by atoms with Crippen molar-refractivity contribution >= 4 is 11.7 Å². The fraction of sp³-hybridized carbons (Fsp3) is 0.312. The van der Waals surface area contributed by atoms with Crippen LogP contribution in [0.4, 0.5) is 5.82 Å². The zero-order chi connectivity index (χ0) is 15.1. The second-order valence-corrected chi connectivity index (χ2v) is 4.69. The number of rotatable bonds is 6. The molecule has 21 heavy (non-hydrogen) atoms. The molecule has 110 valence electrons. The summed E-state index contributed by atoms with van der Waals surface area (Å²) in [6.07, 6.45) is 1.01. The fourth-order valence-corrected chi connectivity index (χ4v) is 1.89. The molecule has 0 atom stereocenters. The lowest BCUT2D eigenvalue weighted by Crippen LogP contribution is -2.24. The molecular weight excluding hydrogens is 264 g/mol. The number of nitrogens with one attached hydrogen (secondary N) is 2. The van der Waals surface area contributed by atoms with Crippen LogP contribution < -0.4 is 10.6 Å². The van der Waals surface area contributed by atoms with E-state index in [-0.39, 0.29) is 5.91 Å². The number of carbonyl (C=O) groups excluding carboxylic acids is 1. The number of amides is 1. The Morgan fingerprint density at radius 2 is 1.71 bits per heavy atom. The van der Waals surface area contributed by atoms with E-state index >= 15 is 0 Å². The zero-order valence-corrected chi connectivity index (χ0v) is 12.4. The fourth-order valence-electron chi connectivity index (χ4n) is 1.89. The molecule has 0 saturated carbocycles. The molecule has 2 aromatic rings. The molecule has 1 heterocycles. The van der Waals surface area contributed by atoms with Crippen molar-refractivity contribution in [1.29, 1.82) is 0 Å². The maximum absolute atomic E-state index is 12.0. The Labute approximate surface area is 124 Å². The molecule has 2 rings (SSSR count). The minimum Gasteiger partial charge on any atom is -0.369 e. The van der Waals surface area contributed by atoms with Crippen LogP contribution in [0.2, 0.25) is 0 Å². The molecule has 0 saturated heterocycles. The van der Waals surface area contributed by atoms with Crippen molar-refractivity contribution in [3.8, 4) is 0 Å². The standard InChI is InChI=1S/C16H20N4O/c1-3-12-5-7-13(8-6-12)11-18-16(21)14-9-10-15(17-4-2)20-19-14/h5-10H,3-4,11H2,1-2H3,(H,17,20)(H,18,21). The van der Waals surface area contributed by atoms with Crippen molar-refractivity contribution in [3.63, 3.8) is 0 Å². The first kappa shape index (κ1) is 15.0.